The lowest BCUT2D eigenvalue weighted by molar-refractivity contribution is -0.149. The van der Waals surface area contributed by atoms with Crippen molar-refractivity contribution in [2.75, 3.05) is 46.0 Å². The molecule has 15 nitrogen and oxygen atoms in total. The Labute approximate surface area is 392 Å². The fourth-order valence-electron chi connectivity index (χ4n) is 8.92. The zero-order valence-corrected chi connectivity index (χ0v) is 39.1. The maximum absolute atomic E-state index is 16.8. The van der Waals surface area contributed by atoms with Crippen molar-refractivity contribution in [2.24, 2.45) is 0 Å². The number of morpholine rings is 1. The Morgan fingerprint density at radius 3 is 2.39 bits per heavy atom. The van der Waals surface area contributed by atoms with Crippen LogP contribution in [0.1, 0.15) is 77.4 Å². The molecule has 0 spiro atoms. The van der Waals surface area contributed by atoms with Gasteiger partial charge in [0.25, 0.3) is 11.8 Å². The minimum atomic E-state index is -4.54. The summed E-state index contributed by atoms with van der Waals surface area (Å²) in [5.41, 5.74) is 1.68. The van der Waals surface area contributed by atoms with Gasteiger partial charge in [0.05, 0.1) is 36.9 Å². The smallest absolute Gasteiger partial charge is 0.355 e. The van der Waals surface area contributed by atoms with Gasteiger partial charge in [-0.05, 0) is 104 Å². The Hall–Kier alpha value is -5.93. The lowest BCUT2D eigenvalue weighted by Gasteiger charge is -2.40. The van der Waals surface area contributed by atoms with E-state index < -0.39 is 55.2 Å². The predicted octanol–water partition coefficient (Wildman–Crippen LogP) is 7.38. The standard InChI is InChI=1S/C49H53ClFN6O9P/c1-4-22-65-49(62)31(3)54-67(63,66-39-8-6-5-7-9-39)44(51)34-14-12-32-13-15-35(27-36(32)26-34)45(58)53-41-29-56(46(59)37-25-33-11-10-30(2)52-43(33)40(50)28-37)19-18-38-16-17-42(57(38)47(41)60)48(61)55-20-23-64-24-21-55/h5-15,25-28,31,38,41-42,44H,4,16-24,29H2,1-3H3,(H,53,58)(H,54,63)/t31-,38+,41-,42-,44?,67?/m0/s1. The number of esters is 1. The van der Waals surface area contributed by atoms with Crippen LogP contribution in [0.4, 0.5) is 4.39 Å². The van der Waals surface area contributed by atoms with Gasteiger partial charge in [0.15, 0.2) is 0 Å². The molecule has 18 heteroatoms. The molecular weight excluding hydrogens is 902 g/mol. The molecule has 4 aromatic carbocycles. The number of amides is 4. The van der Waals surface area contributed by atoms with Crippen LogP contribution in [-0.4, -0.2) is 119 Å². The molecule has 1 aromatic heterocycles. The van der Waals surface area contributed by atoms with Crippen molar-refractivity contribution in [1.29, 1.82) is 0 Å². The zero-order chi connectivity index (χ0) is 47.4. The van der Waals surface area contributed by atoms with Gasteiger partial charge in [0.2, 0.25) is 17.7 Å². The largest absolute Gasteiger partial charge is 0.465 e. The van der Waals surface area contributed by atoms with Crippen molar-refractivity contribution in [3.05, 3.63) is 118 Å². The second-order valence-corrected chi connectivity index (χ2v) is 19.7. The summed E-state index contributed by atoms with van der Waals surface area (Å²) < 4.78 is 47.8. The first-order chi connectivity index (χ1) is 32.2. The number of ether oxygens (including phenoxy) is 2. The van der Waals surface area contributed by atoms with Crippen LogP contribution in [0.5, 0.6) is 5.75 Å². The van der Waals surface area contributed by atoms with Gasteiger partial charge < -0.3 is 34.0 Å². The number of para-hydroxylation sites is 1. The number of nitrogens with one attached hydrogen (secondary N) is 2. The molecule has 4 amide bonds. The number of halogens is 2. The number of carbonyl (C=O) groups excluding carboxylic acids is 5. The van der Waals surface area contributed by atoms with Crippen LogP contribution in [0, 0.1) is 6.92 Å². The fraction of sp³-hybridized carbons (Fsp3) is 0.388. The molecule has 4 heterocycles. The van der Waals surface area contributed by atoms with E-state index in [-0.39, 0.29) is 48.5 Å². The monoisotopic (exact) mass is 954 g/mol. The van der Waals surface area contributed by atoms with E-state index in [1.807, 2.05) is 26.0 Å². The lowest BCUT2D eigenvalue weighted by atomic mass is 10.0. The van der Waals surface area contributed by atoms with Crippen LogP contribution in [0.2, 0.25) is 5.02 Å². The van der Waals surface area contributed by atoms with E-state index >= 15 is 4.39 Å². The Balaban J connectivity index is 1.09. The molecule has 8 rings (SSSR count). The highest BCUT2D eigenvalue weighted by Gasteiger charge is 2.47. The highest BCUT2D eigenvalue weighted by molar-refractivity contribution is 7.57. The number of benzene rings is 4. The third-order valence-electron chi connectivity index (χ3n) is 12.4. The Kier molecular flexibility index (Phi) is 14.6. The summed E-state index contributed by atoms with van der Waals surface area (Å²) in [5, 5.41) is 7.47. The van der Waals surface area contributed by atoms with E-state index in [4.69, 9.17) is 25.6 Å². The molecule has 67 heavy (non-hydrogen) atoms. The third kappa shape index (κ3) is 10.5. The number of fused-ring (bicyclic) bond motifs is 3. The number of hydrogen-bond acceptors (Lipinski definition) is 10. The fourth-order valence-corrected chi connectivity index (χ4v) is 11.1. The molecule has 3 aliphatic rings. The minimum absolute atomic E-state index is 0.0499. The molecule has 3 saturated heterocycles. The summed E-state index contributed by atoms with van der Waals surface area (Å²) in [5.74, 6) is -4.59. The maximum atomic E-state index is 16.8. The first kappa shape index (κ1) is 47.6. The van der Waals surface area contributed by atoms with Crippen LogP contribution in [0.15, 0.2) is 91.0 Å². The number of aromatic nitrogens is 1. The zero-order valence-electron chi connectivity index (χ0n) is 37.5. The van der Waals surface area contributed by atoms with Gasteiger partial charge in [-0.15, -0.1) is 0 Å². The van der Waals surface area contributed by atoms with Crippen molar-refractivity contribution in [2.45, 2.75) is 76.5 Å². The van der Waals surface area contributed by atoms with Crippen molar-refractivity contribution in [3.63, 3.8) is 0 Å². The first-order valence-corrected chi connectivity index (χ1v) is 24.6. The molecule has 3 aliphatic heterocycles. The second kappa shape index (κ2) is 20.5. The van der Waals surface area contributed by atoms with Crippen LogP contribution < -0.4 is 14.9 Å². The molecule has 5 aromatic rings. The van der Waals surface area contributed by atoms with Crippen LogP contribution in [0.3, 0.4) is 0 Å². The summed E-state index contributed by atoms with van der Waals surface area (Å²) in [4.78, 5) is 79.7. The number of nitrogens with zero attached hydrogens (tertiary/aromatic N) is 4. The normalized spacial score (nSPS) is 20.6. The first-order valence-electron chi connectivity index (χ1n) is 22.6. The van der Waals surface area contributed by atoms with E-state index in [9.17, 15) is 28.5 Å². The van der Waals surface area contributed by atoms with E-state index in [1.54, 1.807) is 63.2 Å². The summed E-state index contributed by atoms with van der Waals surface area (Å²) in [6.45, 7) is 6.84. The maximum Gasteiger partial charge on any atom is 0.355 e. The second-order valence-electron chi connectivity index (χ2n) is 17.2. The number of alkyl halides is 1. The molecule has 352 valence electrons. The van der Waals surface area contributed by atoms with E-state index in [0.717, 1.165) is 5.69 Å². The number of hydrogen-bond donors (Lipinski definition) is 2. The molecule has 2 N–H and O–H groups in total. The Morgan fingerprint density at radius 1 is 0.896 bits per heavy atom. The molecule has 6 atom stereocenters. The molecule has 0 radical (unpaired) electrons. The molecule has 0 saturated carbocycles. The number of rotatable bonds is 13. The van der Waals surface area contributed by atoms with Crippen molar-refractivity contribution < 1.29 is 46.9 Å². The van der Waals surface area contributed by atoms with Gasteiger partial charge >= 0.3 is 13.5 Å². The van der Waals surface area contributed by atoms with Gasteiger partial charge in [-0.3, -0.25) is 33.5 Å². The quantitative estimate of drug-likeness (QED) is 0.0890. The van der Waals surface area contributed by atoms with E-state index in [1.165, 1.54) is 37.3 Å². The van der Waals surface area contributed by atoms with E-state index in [0.29, 0.717) is 84.2 Å². The van der Waals surface area contributed by atoms with Gasteiger partial charge in [0, 0.05) is 47.9 Å². The molecular formula is C49H53ClFN6O9P. The summed E-state index contributed by atoms with van der Waals surface area (Å²) in [6, 6.07) is 20.6. The molecule has 0 bridgehead atoms. The number of pyridine rings is 1. The Bertz CT molecular complexity index is 2740. The van der Waals surface area contributed by atoms with E-state index in [2.05, 4.69) is 15.4 Å². The topological polar surface area (TPSA) is 177 Å². The Morgan fingerprint density at radius 2 is 1.63 bits per heavy atom. The van der Waals surface area contributed by atoms with Crippen LogP contribution in [-0.2, 0) is 28.4 Å². The van der Waals surface area contributed by atoms with Crippen molar-refractivity contribution in [3.8, 4) is 5.75 Å². The highest BCUT2D eigenvalue weighted by atomic mass is 35.5. The van der Waals surface area contributed by atoms with Gasteiger partial charge in [-0.1, -0.05) is 61.0 Å². The van der Waals surface area contributed by atoms with Gasteiger partial charge in [0.1, 0.15) is 23.9 Å². The molecule has 2 unspecified atom stereocenters. The molecule has 3 fully saturated rings. The summed E-state index contributed by atoms with van der Waals surface area (Å²) in [6.07, 6.45) is 1.93. The molecule has 0 aliphatic carbocycles. The lowest BCUT2D eigenvalue weighted by Crippen LogP contribution is -2.61. The van der Waals surface area contributed by atoms with Gasteiger partial charge in [-0.25, -0.2) is 9.48 Å². The SMILES string of the molecule is CCCOC(=O)[C@H](C)NP(=O)(Oc1ccccc1)C(F)c1ccc2ccc(C(=O)N[C@H]3CN(C(=O)c4cc(Cl)c5nc(C)ccc5c4)CC[C@H]4CC[C@@H](C(=O)N5CCOCC5)N4C3=O)cc2c1. The highest BCUT2D eigenvalue weighted by Crippen LogP contribution is 2.58. The number of carbonyl (C=O) groups is 5. The van der Waals surface area contributed by atoms with Crippen molar-refractivity contribution in [1.82, 2.24) is 30.1 Å². The average Bonchev–Trinajstić information content (AvgIpc) is 3.76. The van der Waals surface area contributed by atoms with Crippen molar-refractivity contribution >= 4 is 70.4 Å². The summed E-state index contributed by atoms with van der Waals surface area (Å²) in [7, 11) is -4.54. The third-order valence-corrected chi connectivity index (χ3v) is 14.8. The van der Waals surface area contributed by atoms with Crippen LogP contribution >= 0.6 is 19.1 Å². The van der Waals surface area contributed by atoms with Crippen LogP contribution in [0.25, 0.3) is 21.7 Å². The number of aryl methyl sites for hydroxylation is 1. The van der Waals surface area contributed by atoms with Gasteiger partial charge in [-0.2, -0.15) is 0 Å². The average molecular weight is 955 g/mol. The summed E-state index contributed by atoms with van der Waals surface area (Å²) >= 11 is 6.66. The minimum Gasteiger partial charge on any atom is -0.465 e. The predicted molar refractivity (Wildman–Crippen MR) is 251 cm³/mol.